The minimum atomic E-state index is -1.24. The average Bonchev–Trinajstić information content (AvgIpc) is 3.55. The number of rotatable bonds is 7. The zero-order valence-corrected chi connectivity index (χ0v) is 18.4. The van der Waals surface area contributed by atoms with Gasteiger partial charge in [-0.25, -0.2) is 9.37 Å². The van der Waals surface area contributed by atoms with Crippen molar-refractivity contribution in [3.63, 3.8) is 0 Å². The maximum atomic E-state index is 13.9. The molecule has 4 rings (SSSR count). The summed E-state index contributed by atoms with van der Waals surface area (Å²) in [6.07, 6.45) is 3.44. The van der Waals surface area contributed by atoms with Crippen molar-refractivity contribution in [1.82, 2.24) is 4.98 Å². The van der Waals surface area contributed by atoms with Crippen molar-refractivity contribution < 1.29 is 14.2 Å². The van der Waals surface area contributed by atoms with E-state index in [1.165, 1.54) is 12.1 Å². The number of nitrogens with two attached hydrogens (primary N) is 2. The van der Waals surface area contributed by atoms with Crippen LogP contribution in [-0.4, -0.2) is 29.8 Å². The van der Waals surface area contributed by atoms with Gasteiger partial charge in [-0.05, 0) is 56.3 Å². The van der Waals surface area contributed by atoms with Gasteiger partial charge in [-0.3, -0.25) is 0 Å². The highest BCUT2D eigenvalue weighted by Crippen LogP contribution is 2.51. The van der Waals surface area contributed by atoms with Crippen molar-refractivity contribution in [2.45, 2.75) is 43.6 Å². The number of ether oxygens (including phenoxy) is 1. The van der Waals surface area contributed by atoms with Crippen LogP contribution >= 0.6 is 23.2 Å². The van der Waals surface area contributed by atoms with E-state index in [9.17, 15) is 9.50 Å². The maximum Gasteiger partial charge on any atom is 0.149 e. The Morgan fingerprint density at radius 3 is 2.67 bits per heavy atom. The van der Waals surface area contributed by atoms with Crippen LogP contribution in [0.2, 0.25) is 10.0 Å². The van der Waals surface area contributed by atoms with Crippen LogP contribution in [0.1, 0.15) is 43.9 Å². The number of halogens is 3. The first-order valence-corrected chi connectivity index (χ1v) is 11.0. The second-order valence-corrected chi connectivity index (χ2v) is 9.36. The first-order chi connectivity index (χ1) is 14.2. The third kappa shape index (κ3) is 3.49. The molecule has 0 spiro atoms. The number of benzene rings is 1. The van der Waals surface area contributed by atoms with Crippen molar-refractivity contribution in [3.05, 3.63) is 45.3 Å². The van der Waals surface area contributed by atoms with E-state index in [4.69, 9.17) is 44.4 Å². The predicted octanol–water partition coefficient (Wildman–Crippen LogP) is 4.14. The molecule has 162 valence electrons. The number of fused-ring (bicyclic) bond motifs is 1. The smallest absolute Gasteiger partial charge is 0.149 e. The zero-order valence-electron chi connectivity index (χ0n) is 16.9. The third-order valence-corrected chi connectivity index (χ3v) is 7.25. The minimum absolute atomic E-state index is 0.0567. The van der Waals surface area contributed by atoms with Crippen molar-refractivity contribution in [3.8, 4) is 17.0 Å². The molecule has 2 heterocycles. The quantitative estimate of drug-likeness (QED) is 0.547. The van der Waals surface area contributed by atoms with Gasteiger partial charge in [0.1, 0.15) is 22.9 Å². The van der Waals surface area contributed by atoms with Gasteiger partial charge in [0.05, 0.1) is 22.3 Å². The summed E-state index contributed by atoms with van der Waals surface area (Å²) >= 11 is 12.5. The Bertz CT molecular complexity index is 985. The summed E-state index contributed by atoms with van der Waals surface area (Å²) in [4.78, 5) is 4.75. The van der Waals surface area contributed by atoms with Gasteiger partial charge in [-0.1, -0.05) is 30.1 Å². The zero-order chi connectivity index (χ0) is 21.7. The van der Waals surface area contributed by atoms with Crippen LogP contribution in [-0.2, 0) is 11.0 Å². The second kappa shape index (κ2) is 7.92. The molecular weight excluding hydrogens is 428 g/mol. The largest absolute Gasteiger partial charge is 0.490 e. The Hall–Kier alpha value is -1.44. The third-order valence-electron chi connectivity index (χ3n) is 6.39. The van der Waals surface area contributed by atoms with Gasteiger partial charge in [0.15, 0.2) is 0 Å². The van der Waals surface area contributed by atoms with E-state index in [0.29, 0.717) is 35.9 Å². The Morgan fingerprint density at radius 2 is 2.03 bits per heavy atom. The fourth-order valence-electron chi connectivity index (χ4n) is 4.29. The standard InChI is InChI=1S/C22H26Cl2FN3O2/c1-21(7-2-8-26)11-30-20-14(21)9-16(22(29,10-27)12-3-4-12)28-19(20)13-5-6-15(25)18(24)17(13)23/h5-6,9,12,29H,2-4,7-8,10-11,26-27H2,1H3/t21-,22+/m0/s1. The van der Waals surface area contributed by atoms with Crippen molar-refractivity contribution in [2.75, 3.05) is 19.7 Å². The summed E-state index contributed by atoms with van der Waals surface area (Å²) in [6, 6.07) is 4.70. The lowest BCUT2D eigenvalue weighted by atomic mass is 9.78. The number of aliphatic hydroxyl groups is 1. The molecule has 2 aliphatic rings. The topological polar surface area (TPSA) is 94.4 Å². The highest BCUT2D eigenvalue weighted by molar-refractivity contribution is 6.43. The molecule has 1 fully saturated rings. The van der Waals surface area contributed by atoms with Gasteiger partial charge in [0.25, 0.3) is 0 Å². The molecule has 0 unspecified atom stereocenters. The molecule has 0 saturated heterocycles. The SMILES string of the molecule is C[C@]1(CCCN)COc2c1cc([C@@](O)(CN)C1CC1)nc2-c1ccc(F)c(Cl)c1Cl. The van der Waals surface area contributed by atoms with Crippen LogP contribution in [0.5, 0.6) is 5.75 Å². The Labute approximate surface area is 185 Å². The van der Waals surface area contributed by atoms with Gasteiger partial charge in [-0.15, -0.1) is 0 Å². The highest BCUT2D eigenvalue weighted by atomic mass is 35.5. The molecule has 0 bridgehead atoms. The number of pyridine rings is 1. The number of hydrogen-bond acceptors (Lipinski definition) is 5. The molecule has 1 aliphatic heterocycles. The molecule has 5 N–H and O–H groups in total. The van der Waals surface area contributed by atoms with Crippen LogP contribution in [0.3, 0.4) is 0 Å². The van der Waals surface area contributed by atoms with E-state index in [2.05, 4.69) is 6.92 Å². The molecule has 30 heavy (non-hydrogen) atoms. The molecule has 8 heteroatoms. The lowest BCUT2D eigenvalue weighted by Gasteiger charge is -2.29. The maximum absolute atomic E-state index is 13.9. The molecule has 5 nitrogen and oxygen atoms in total. The monoisotopic (exact) mass is 453 g/mol. The predicted molar refractivity (Wildman–Crippen MR) is 116 cm³/mol. The summed E-state index contributed by atoms with van der Waals surface area (Å²) < 4.78 is 20.0. The van der Waals surface area contributed by atoms with Crippen molar-refractivity contribution >= 4 is 23.2 Å². The van der Waals surface area contributed by atoms with Crippen molar-refractivity contribution in [2.24, 2.45) is 17.4 Å². The number of hydrogen-bond donors (Lipinski definition) is 3. The van der Waals surface area contributed by atoms with Crippen LogP contribution < -0.4 is 16.2 Å². The molecule has 2 aromatic rings. The van der Waals surface area contributed by atoms with Gasteiger partial charge >= 0.3 is 0 Å². The lowest BCUT2D eigenvalue weighted by Crippen LogP contribution is -2.38. The molecule has 1 saturated carbocycles. The van der Waals surface area contributed by atoms with E-state index in [1.54, 1.807) is 0 Å². The molecule has 1 aromatic heterocycles. The van der Waals surface area contributed by atoms with E-state index in [1.807, 2.05) is 6.07 Å². The summed E-state index contributed by atoms with van der Waals surface area (Å²) in [5, 5.41) is 11.3. The van der Waals surface area contributed by atoms with E-state index in [0.717, 1.165) is 31.2 Å². The Balaban J connectivity index is 1.95. The summed E-state index contributed by atoms with van der Waals surface area (Å²) in [5.41, 5.74) is 12.5. The van der Waals surface area contributed by atoms with Crippen molar-refractivity contribution in [1.29, 1.82) is 0 Å². The van der Waals surface area contributed by atoms with Gasteiger partial charge in [0, 0.05) is 23.1 Å². The molecule has 0 amide bonds. The fraction of sp³-hybridized carbons (Fsp3) is 0.500. The van der Waals surface area contributed by atoms with Gasteiger partial charge in [-0.2, -0.15) is 0 Å². The van der Waals surface area contributed by atoms with Gasteiger partial charge in [0.2, 0.25) is 0 Å². The molecule has 1 aromatic carbocycles. The Kier molecular flexibility index (Phi) is 5.75. The fourth-order valence-corrected chi connectivity index (χ4v) is 4.70. The van der Waals surface area contributed by atoms with Crippen LogP contribution in [0.4, 0.5) is 4.39 Å². The normalized spacial score (nSPS) is 22.5. The molecule has 0 radical (unpaired) electrons. The van der Waals surface area contributed by atoms with E-state index >= 15 is 0 Å². The van der Waals surface area contributed by atoms with Crippen LogP contribution in [0, 0.1) is 11.7 Å². The summed E-state index contributed by atoms with van der Waals surface area (Å²) in [5.74, 6) is 0.0344. The minimum Gasteiger partial charge on any atom is -0.490 e. The molecular formula is C22H26Cl2FN3O2. The second-order valence-electron chi connectivity index (χ2n) is 8.60. The van der Waals surface area contributed by atoms with Crippen LogP contribution in [0.15, 0.2) is 18.2 Å². The number of nitrogens with zero attached hydrogens (tertiary/aromatic N) is 1. The first kappa shape index (κ1) is 21.8. The molecule has 1 aliphatic carbocycles. The number of aromatic nitrogens is 1. The average molecular weight is 454 g/mol. The highest BCUT2D eigenvalue weighted by Gasteiger charge is 2.47. The van der Waals surface area contributed by atoms with E-state index < -0.39 is 11.4 Å². The summed E-state index contributed by atoms with van der Waals surface area (Å²) in [6.45, 7) is 3.20. The summed E-state index contributed by atoms with van der Waals surface area (Å²) in [7, 11) is 0. The molecule has 2 atom stereocenters. The van der Waals surface area contributed by atoms with E-state index in [-0.39, 0.29) is 27.9 Å². The Morgan fingerprint density at radius 1 is 1.30 bits per heavy atom. The lowest BCUT2D eigenvalue weighted by molar-refractivity contribution is 0.0179. The first-order valence-electron chi connectivity index (χ1n) is 10.2. The van der Waals surface area contributed by atoms with Crippen LogP contribution in [0.25, 0.3) is 11.3 Å². The van der Waals surface area contributed by atoms with Gasteiger partial charge < -0.3 is 21.3 Å².